The molecule has 1 saturated heterocycles. The molecule has 2 fully saturated rings. The molecule has 0 amide bonds. The Morgan fingerprint density at radius 2 is 1.76 bits per heavy atom. The van der Waals surface area contributed by atoms with Gasteiger partial charge in [0.2, 0.25) is 0 Å². The minimum Gasteiger partial charge on any atom is -0.311 e. The van der Waals surface area contributed by atoms with Gasteiger partial charge in [-0.1, -0.05) is 33.1 Å². The second-order valence-electron chi connectivity index (χ2n) is 6.16. The smallest absolute Gasteiger partial charge is 0.0332 e. The Bertz CT molecular complexity index is 229. The van der Waals surface area contributed by atoms with Gasteiger partial charge in [-0.15, -0.1) is 0 Å². The summed E-state index contributed by atoms with van der Waals surface area (Å²) in [6, 6.07) is 1.54. The second kappa shape index (κ2) is 5.71. The van der Waals surface area contributed by atoms with E-state index in [9.17, 15) is 0 Å². The van der Waals surface area contributed by atoms with Gasteiger partial charge in [-0.05, 0) is 32.6 Å². The summed E-state index contributed by atoms with van der Waals surface area (Å²) < 4.78 is 0. The molecule has 2 aliphatic rings. The van der Waals surface area contributed by atoms with Crippen molar-refractivity contribution in [3.63, 3.8) is 0 Å². The van der Waals surface area contributed by atoms with Crippen LogP contribution >= 0.6 is 0 Å². The predicted octanol–water partition coefficient (Wildman–Crippen LogP) is 3.17. The zero-order valence-electron chi connectivity index (χ0n) is 12.0. The topological polar surface area (TPSA) is 15.3 Å². The van der Waals surface area contributed by atoms with E-state index in [1.807, 2.05) is 0 Å². The van der Waals surface area contributed by atoms with Gasteiger partial charge in [0, 0.05) is 30.7 Å². The van der Waals surface area contributed by atoms with E-state index in [1.54, 1.807) is 0 Å². The first-order valence-electron chi connectivity index (χ1n) is 7.72. The third-order valence-electron chi connectivity index (χ3n) is 5.19. The quantitative estimate of drug-likeness (QED) is 0.812. The maximum atomic E-state index is 3.70. The van der Waals surface area contributed by atoms with Crippen LogP contribution in [-0.4, -0.2) is 35.6 Å². The zero-order chi connectivity index (χ0) is 12.3. The molecule has 1 saturated carbocycles. The van der Waals surface area contributed by atoms with Gasteiger partial charge in [-0.2, -0.15) is 0 Å². The van der Waals surface area contributed by atoms with Crippen molar-refractivity contribution < 1.29 is 0 Å². The highest BCUT2D eigenvalue weighted by molar-refractivity contribution is 4.99. The Kier molecular flexibility index (Phi) is 4.48. The summed E-state index contributed by atoms with van der Waals surface area (Å²) in [5.74, 6) is 0. The van der Waals surface area contributed by atoms with Crippen molar-refractivity contribution >= 4 is 0 Å². The summed E-state index contributed by atoms with van der Waals surface area (Å²) in [6.45, 7) is 9.53. The molecular weight excluding hydrogens is 208 g/mol. The first-order chi connectivity index (χ1) is 8.22. The number of rotatable bonds is 3. The minimum atomic E-state index is 0.439. The fraction of sp³-hybridized carbons (Fsp3) is 1.00. The minimum absolute atomic E-state index is 0.439. The van der Waals surface area contributed by atoms with Crippen molar-refractivity contribution in [2.24, 2.45) is 0 Å². The molecule has 1 aliphatic carbocycles. The number of hydrogen-bond acceptors (Lipinski definition) is 2. The molecule has 2 heteroatoms. The fourth-order valence-electron chi connectivity index (χ4n) is 3.85. The van der Waals surface area contributed by atoms with Crippen molar-refractivity contribution in [2.75, 3.05) is 13.1 Å². The molecule has 1 aliphatic heterocycles. The average molecular weight is 238 g/mol. The van der Waals surface area contributed by atoms with Crippen molar-refractivity contribution in [3.8, 4) is 0 Å². The molecule has 1 unspecified atom stereocenters. The van der Waals surface area contributed by atoms with E-state index in [2.05, 4.69) is 31.0 Å². The first-order valence-corrected chi connectivity index (χ1v) is 7.72. The molecule has 2 rings (SSSR count). The van der Waals surface area contributed by atoms with Crippen LogP contribution in [0.1, 0.15) is 65.7 Å². The van der Waals surface area contributed by atoms with Crippen molar-refractivity contribution in [3.05, 3.63) is 0 Å². The predicted molar refractivity (Wildman–Crippen MR) is 74.4 cm³/mol. The Hall–Kier alpha value is -0.0800. The van der Waals surface area contributed by atoms with Crippen LogP contribution in [0.2, 0.25) is 0 Å². The van der Waals surface area contributed by atoms with Gasteiger partial charge in [0.15, 0.2) is 0 Å². The summed E-state index contributed by atoms with van der Waals surface area (Å²) in [5, 5.41) is 3.70. The number of piperazine rings is 1. The Morgan fingerprint density at radius 1 is 1.12 bits per heavy atom. The molecule has 1 N–H and O–H groups in total. The zero-order valence-corrected chi connectivity index (χ0v) is 12.0. The number of nitrogens with one attached hydrogen (secondary N) is 1. The summed E-state index contributed by atoms with van der Waals surface area (Å²) in [5.41, 5.74) is 0.439. The van der Waals surface area contributed by atoms with Crippen LogP contribution in [-0.2, 0) is 0 Å². The third-order valence-corrected chi connectivity index (χ3v) is 5.19. The highest BCUT2D eigenvalue weighted by Gasteiger charge is 2.41. The van der Waals surface area contributed by atoms with Crippen LogP contribution in [0.25, 0.3) is 0 Å². The van der Waals surface area contributed by atoms with E-state index in [-0.39, 0.29) is 0 Å². The summed E-state index contributed by atoms with van der Waals surface area (Å²) >= 11 is 0. The fourth-order valence-corrected chi connectivity index (χ4v) is 3.85. The third kappa shape index (κ3) is 2.68. The lowest BCUT2D eigenvalue weighted by Gasteiger charge is -2.53. The van der Waals surface area contributed by atoms with E-state index in [0.29, 0.717) is 11.6 Å². The van der Waals surface area contributed by atoms with Gasteiger partial charge in [0.05, 0.1) is 0 Å². The van der Waals surface area contributed by atoms with E-state index in [1.165, 1.54) is 58.0 Å². The van der Waals surface area contributed by atoms with Crippen LogP contribution in [0.15, 0.2) is 0 Å². The molecule has 17 heavy (non-hydrogen) atoms. The Morgan fingerprint density at radius 3 is 2.35 bits per heavy atom. The van der Waals surface area contributed by atoms with Crippen LogP contribution < -0.4 is 5.32 Å². The van der Waals surface area contributed by atoms with Gasteiger partial charge in [0.25, 0.3) is 0 Å². The van der Waals surface area contributed by atoms with Crippen molar-refractivity contribution in [1.82, 2.24) is 10.2 Å². The lowest BCUT2D eigenvalue weighted by atomic mass is 9.82. The van der Waals surface area contributed by atoms with E-state index in [0.717, 1.165) is 6.04 Å². The normalized spacial score (nSPS) is 31.6. The lowest BCUT2D eigenvalue weighted by molar-refractivity contribution is -0.0141. The van der Waals surface area contributed by atoms with Crippen molar-refractivity contribution in [2.45, 2.75) is 83.3 Å². The maximum Gasteiger partial charge on any atom is 0.0332 e. The van der Waals surface area contributed by atoms with Crippen LogP contribution in [0.4, 0.5) is 0 Å². The highest BCUT2D eigenvalue weighted by atomic mass is 15.3. The monoisotopic (exact) mass is 238 g/mol. The largest absolute Gasteiger partial charge is 0.311 e. The average Bonchev–Trinajstić information content (AvgIpc) is 2.40. The number of hydrogen-bond donors (Lipinski definition) is 1. The van der Waals surface area contributed by atoms with E-state index >= 15 is 0 Å². The highest BCUT2D eigenvalue weighted by Crippen LogP contribution is 2.34. The molecule has 0 aromatic heterocycles. The molecule has 0 radical (unpaired) electrons. The Balaban J connectivity index is 2.12. The first kappa shape index (κ1) is 13.4. The van der Waals surface area contributed by atoms with Gasteiger partial charge in [-0.25, -0.2) is 0 Å². The molecule has 0 aromatic carbocycles. The van der Waals surface area contributed by atoms with Crippen molar-refractivity contribution in [1.29, 1.82) is 0 Å². The SMILES string of the molecule is CCC1(CC)CNC(C)CN1C1CCCCC1. The molecule has 0 bridgehead atoms. The molecule has 1 atom stereocenters. The maximum absolute atomic E-state index is 3.70. The molecule has 2 nitrogen and oxygen atoms in total. The van der Waals surface area contributed by atoms with Gasteiger partial charge in [-0.3, -0.25) is 4.90 Å². The van der Waals surface area contributed by atoms with Crippen LogP contribution in [0.5, 0.6) is 0 Å². The molecule has 1 heterocycles. The molecule has 0 aromatic rings. The number of nitrogens with zero attached hydrogens (tertiary/aromatic N) is 1. The lowest BCUT2D eigenvalue weighted by Crippen LogP contribution is -2.66. The second-order valence-corrected chi connectivity index (χ2v) is 6.16. The summed E-state index contributed by atoms with van der Waals surface area (Å²) in [7, 11) is 0. The van der Waals surface area contributed by atoms with Gasteiger partial charge in [0.1, 0.15) is 0 Å². The van der Waals surface area contributed by atoms with Crippen LogP contribution in [0, 0.1) is 0 Å². The van der Waals surface area contributed by atoms with E-state index in [4.69, 9.17) is 0 Å². The standard InChI is InChI=1S/C15H30N2/c1-4-15(5-2)12-16-13(3)11-17(15)14-9-7-6-8-10-14/h13-14,16H,4-12H2,1-3H3. The van der Waals surface area contributed by atoms with Gasteiger partial charge >= 0.3 is 0 Å². The van der Waals surface area contributed by atoms with E-state index < -0.39 is 0 Å². The van der Waals surface area contributed by atoms with Gasteiger partial charge < -0.3 is 5.32 Å². The molecule has 0 spiro atoms. The summed E-state index contributed by atoms with van der Waals surface area (Å²) in [6.07, 6.45) is 9.82. The molecule has 100 valence electrons. The summed E-state index contributed by atoms with van der Waals surface area (Å²) in [4.78, 5) is 2.88. The van der Waals surface area contributed by atoms with Crippen LogP contribution in [0.3, 0.4) is 0 Å². The Labute approximate surface area is 107 Å². The molecular formula is C15H30N2.